The molecular weight excluding hydrogens is 212 g/mol. The Labute approximate surface area is 95.3 Å². The Morgan fingerprint density at radius 1 is 1.50 bits per heavy atom. The van der Waals surface area contributed by atoms with Gasteiger partial charge in [0.15, 0.2) is 0 Å². The fourth-order valence-corrected chi connectivity index (χ4v) is 3.38. The molecule has 1 aromatic heterocycles. The number of hydrogen-bond donors (Lipinski definition) is 0. The second-order valence-corrected chi connectivity index (χ2v) is 5.87. The van der Waals surface area contributed by atoms with Crippen molar-refractivity contribution in [3.63, 3.8) is 0 Å². The lowest BCUT2D eigenvalue weighted by molar-refractivity contribution is 0.287. The van der Waals surface area contributed by atoms with Crippen molar-refractivity contribution in [2.45, 2.75) is 38.0 Å². The maximum atomic E-state index is 6.37. The van der Waals surface area contributed by atoms with E-state index in [1.807, 2.05) is 0 Å². The van der Waals surface area contributed by atoms with Gasteiger partial charge in [0.1, 0.15) is 0 Å². The Kier molecular flexibility index (Phi) is 3.51. The quantitative estimate of drug-likeness (QED) is 0.661. The van der Waals surface area contributed by atoms with Gasteiger partial charge < -0.3 is 0 Å². The van der Waals surface area contributed by atoms with E-state index in [0.717, 1.165) is 5.92 Å². The van der Waals surface area contributed by atoms with Crippen LogP contribution >= 0.6 is 22.9 Å². The summed E-state index contributed by atoms with van der Waals surface area (Å²) in [4.78, 5) is 0. The molecule has 1 aromatic rings. The molecule has 3 unspecified atom stereocenters. The van der Waals surface area contributed by atoms with Crippen LogP contribution in [0.3, 0.4) is 0 Å². The van der Waals surface area contributed by atoms with Crippen LogP contribution in [0.4, 0.5) is 0 Å². The van der Waals surface area contributed by atoms with Gasteiger partial charge >= 0.3 is 0 Å². The fourth-order valence-electron chi connectivity index (χ4n) is 2.38. The highest BCUT2D eigenvalue weighted by molar-refractivity contribution is 7.07. The van der Waals surface area contributed by atoms with Gasteiger partial charge in [-0.05, 0) is 59.9 Å². The van der Waals surface area contributed by atoms with E-state index in [-0.39, 0.29) is 0 Å². The molecule has 14 heavy (non-hydrogen) atoms. The van der Waals surface area contributed by atoms with Crippen LogP contribution in [0.15, 0.2) is 16.8 Å². The Balaban J connectivity index is 1.95. The first-order valence-electron chi connectivity index (χ1n) is 5.41. The Bertz CT molecular complexity index is 268. The van der Waals surface area contributed by atoms with Crippen molar-refractivity contribution in [1.82, 2.24) is 0 Å². The summed E-state index contributed by atoms with van der Waals surface area (Å²) in [5, 5.41) is 4.82. The van der Waals surface area contributed by atoms with Gasteiger partial charge in [-0.15, -0.1) is 11.6 Å². The first-order valence-corrected chi connectivity index (χ1v) is 6.79. The highest BCUT2D eigenvalue weighted by Gasteiger charge is 2.26. The third-order valence-electron chi connectivity index (χ3n) is 3.23. The van der Waals surface area contributed by atoms with E-state index in [9.17, 15) is 0 Å². The van der Waals surface area contributed by atoms with Crippen molar-refractivity contribution < 1.29 is 0 Å². The van der Waals surface area contributed by atoms with Gasteiger partial charge in [0.25, 0.3) is 0 Å². The zero-order chi connectivity index (χ0) is 9.97. The predicted octanol–water partition coefficient (Wildman–Crippen LogP) is 4.33. The lowest BCUT2D eigenvalue weighted by Gasteiger charge is -2.31. The Morgan fingerprint density at radius 3 is 3.07 bits per heavy atom. The number of alkyl halides is 1. The molecule has 0 saturated heterocycles. The van der Waals surface area contributed by atoms with E-state index in [4.69, 9.17) is 11.6 Å². The van der Waals surface area contributed by atoms with Gasteiger partial charge in [-0.3, -0.25) is 0 Å². The standard InChI is InChI=1S/C12H17ClS/c1-9-2-3-12(13)11(6-9)7-10-4-5-14-8-10/h4-5,8-9,11-12H,2-3,6-7H2,1H3. The second-order valence-electron chi connectivity index (χ2n) is 4.53. The Morgan fingerprint density at radius 2 is 2.36 bits per heavy atom. The lowest BCUT2D eigenvalue weighted by atomic mass is 9.79. The van der Waals surface area contributed by atoms with Gasteiger partial charge in [0.05, 0.1) is 0 Å². The van der Waals surface area contributed by atoms with E-state index in [2.05, 4.69) is 23.8 Å². The highest BCUT2D eigenvalue weighted by atomic mass is 35.5. The predicted molar refractivity (Wildman–Crippen MR) is 64.2 cm³/mol. The average molecular weight is 229 g/mol. The van der Waals surface area contributed by atoms with Crippen LogP contribution in [-0.2, 0) is 6.42 Å². The van der Waals surface area contributed by atoms with Crippen molar-refractivity contribution in [1.29, 1.82) is 0 Å². The maximum Gasteiger partial charge on any atom is 0.0367 e. The topological polar surface area (TPSA) is 0 Å². The lowest BCUT2D eigenvalue weighted by Crippen LogP contribution is -2.25. The third kappa shape index (κ3) is 2.52. The molecule has 1 aliphatic carbocycles. The molecule has 0 radical (unpaired) electrons. The number of rotatable bonds is 2. The molecule has 2 heteroatoms. The SMILES string of the molecule is CC1CCC(Cl)C(Cc2ccsc2)C1. The van der Waals surface area contributed by atoms with E-state index >= 15 is 0 Å². The molecule has 3 atom stereocenters. The minimum Gasteiger partial charge on any atom is -0.152 e. The molecule has 1 heterocycles. The molecule has 2 rings (SSSR count). The molecule has 1 aliphatic rings. The van der Waals surface area contributed by atoms with Crippen molar-refractivity contribution in [3.8, 4) is 0 Å². The highest BCUT2D eigenvalue weighted by Crippen LogP contribution is 2.34. The molecule has 0 amide bonds. The van der Waals surface area contributed by atoms with E-state index in [1.165, 1.54) is 31.2 Å². The molecule has 0 spiro atoms. The molecular formula is C12H17ClS. The number of thiophene rings is 1. The third-order valence-corrected chi connectivity index (χ3v) is 4.54. The summed E-state index contributed by atoms with van der Waals surface area (Å²) in [6, 6.07) is 2.23. The molecule has 0 aliphatic heterocycles. The summed E-state index contributed by atoms with van der Waals surface area (Å²) in [7, 11) is 0. The van der Waals surface area contributed by atoms with Crippen molar-refractivity contribution in [2.24, 2.45) is 11.8 Å². The van der Waals surface area contributed by atoms with E-state index in [0.29, 0.717) is 11.3 Å². The molecule has 1 saturated carbocycles. The van der Waals surface area contributed by atoms with Crippen LogP contribution in [0, 0.1) is 11.8 Å². The number of hydrogen-bond acceptors (Lipinski definition) is 1. The van der Waals surface area contributed by atoms with Crippen LogP contribution < -0.4 is 0 Å². The zero-order valence-corrected chi connectivity index (χ0v) is 10.2. The van der Waals surface area contributed by atoms with Crippen LogP contribution in [0.25, 0.3) is 0 Å². The largest absolute Gasteiger partial charge is 0.152 e. The van der Waals surface area contributed by atoms with Crippen LogP contribution in [0.2, 0.25) is 0 Å². The molecule has 0 N–H and O–H groups in total. The van der Waals surface area contributed by atoms with Crippen molar-refractivity contribution in [3.05, 3.63) is 22.4 Å². The molecule has 0 nitrogen and oxygen atoms in total. The molecule has 1 fully saturated rings. The zero-order valence-electron chi connectivity index (χ0n) is 8.58. The average Bonchev–Trinajstić information content (AvgIpc) is 2.64. The summed E-state index contributed by atoms with van der Waals surface area (Å²) >= 11 is 8.16. The maximum absolute atomic E-state index is 6.37. The van der Waals surface area contributed by atoms with Gasteiger partial charge in [-0.25, -0.2) is 0 Å². The summed E-state index contributed by atoms with van der Waals surface area (Å²) in [6.45, 7) is 2.35. The van der Waals surface area contributed by atoms with Gasteiger partial charge in [-0.1, -0.05) is 6.92 Å². The smallest absolute Gasteiger partial charge is 0.0367 e. The first-order chi connectivity index (χ1) is 6.75. The van der Waals surface area contributed by atoms with E-state index in [1.54, 1.807) is 11.3 Å². The normalized spacial score (nSPS) is 33.1. The second kappa shape index (κ2) is 4.67. The summed E-state index contributed by atoms with van der Waals surface area (Å²) in [5.74, 6) is 1.57. The van der Waals surface area contributed by atoms with Gasteiger partial charge in [-0.2, -0.15) is 11.3 Å². The number of halogens is 1. The van der Waals surface area contributed by atoms with E-state index < -0.39 is 0 Å². The minimum atomic E-state index is 0.408. The molecule has 0 bridgehead atoms. The monoisotopic (exact) mass is 228 g/mol. The minimum absolute atomic E-state index is 0.408. The van der Waals surface area contributed by atoms with Crippen LogP contribution in [-0.4, -0.2) is 5.38 Å². The molecule has 78 valence electrons. The Hall–Kier alpha value is -0.0100. The van der Waals surface area contributed by atoms with Crippen LogP contribution in [0.5, 0.6) is 0 Å². The van der Waals surface area contributed by atoms with Crippen molar-refractivity contribution in [2.75, 3.05) is 0 Å². The van der Waals surface area contributed by atoms with Crippen LogP contribution in [0.1, 0.15) is 31.7 Å². The molecule has 0 aromatic carbocycles. The first kappa shape index (κ1) is 10.5. The summed E-state index contributed by atoms with van der Waals surface area (Å²) in [5.41, 5.74) is 1.47. The van der Waals surface area contributed by atoms with Gasteiger partial charge in [0, 0.05) is 5.38 Å². The van der Waals surface area contributed by atoms with Crippen molar-refractivity contribution >= 4 is 22.9 Å². The summed E-state index contributed by atoms with van der Waals surface area (Å²) < 4.78 is 0. The van der Waals surface area contributed by atoms with Gasteiger partial charge in [0.2, 0.25) is 0 Å². The fraction of sp³-hybridized carbons (Fsp3) is 0.667. The summed E-state index contributed by atoms with van der Waals surface area (Å²) in [6.07, 6.45) is 5.01.